The van der Waals surface area contributed by atoms with Gasteiger partial charge in [-0.1, -0.05) is 0 Å². The van der Waals surface area contributed by atoms with Crippen LogP contribution < -0.4 is 20.7 Å². The van der Waals surface area contributed by atoms with E-state index in [-0.39, 0.29) is 17.4 Å². The second-order valence-corrected chi connectivity index (χ2v) is 6.97. The molecule has 9 nitrogen and oxygen atoms in total. The normalized spacial score (nSPS) is 16.8. The number of H-pyrrole nitrogens is 1. The SMILES string of the molecule is CN[C@@H]1CCN(c2cc3ncnc(N)c3c(Oc3c(F)ccc4[nH]ncc34)n2)C1. The number of pyridine rings is 1. The third-order valence-corrected chi connectivity index (χ3v) is 5.25. The highest BCUT2D eigenvalue weighted by Crippen LogP contribution is 2.37. The number of hydrogen-bond donors (Lipinski definition) is 3. The lowest BCUT2D eigenvalue weighted by atomic mass is 10.2. The van der Waals surface area contributed by atoms with Gasteiger partial charge in [-0.15, -0.1) is 0 Å². The van der Waals surface area contributed by atoms with E-state index >= 15 is 0 Å². The van der Waals surface area contributed by atoms with Gasteiger partial charge in [-0.3, -0.25) is 5.10 Å². The van der Waals surface area contributed by atoms with E-state index in [0.717, 1.165) is 19.5 Å². The first-order valence-corrected chi connectivity index (χ1v) is 9.27. The molecule has 0 spiro atoms. The van der Waals surface area contributed by atoms with Gasteiger partial charge in [-0.2, -0.15) is 10.1 Å². The lowest BCUT2D eigenvalue weighted by molar-refractivity contribution is 0.438. The Hall–Kier alpha value is -3.53. The van der Waals surface area contributed by atoms with Crippen LogP contribution in [0.15, 0.2) is 30.7 Å². The number of fused-ring (bicyclic) bond motifs is 2. The number of aromatic amines is 1. The zero-order valence-corrected chi connectivity index (χ0v) is 15.7. The first-order valence-electron chi connectivity index (χ1n) is 9.27. The molecular formula is C19H19FN8O. The molecule has 1 aliphatic heterocycles. The van der Waals surface area contributed by atoms with E-state index in [0.29, 0.717) is 33.7 Å². The molecule has 0 amide bonds. The number of rotatable bonds is 4. The maximum Gasteiger partial charge on any atom is 0.234 e. The number of benzene rings is 1. The number of nitrogens with zero attached hydrogens (tertiary/aromatic N) is 5. The Labute approximate surface area is 165 Å². The molecule has 1 atom stereocenters. The van der Waals surface area contributed by atoms with E-state index < -0.39 is 5.82 Å². The molecule has 10 heteroatoms. The third-order valence-electron chi connectivity index (χ3n) is 5.25. The number of aromatic nitrogens is 5. The molecule has 0 radical (unpaired) electrons. The molecule has 148 valence electrons. The lowest BCUT2D eigenvalue weighted by Gasteiger charge is -2.19. The summed E-state index contributed by atoms with van der Waals surface area (Å²) in [5, 5.41) is 11.0. The van der Waals surface area contributed by atoms with Gasteiger partial charge in [0.1, 0.15) is 23.3 Å². The van der Waals surface area contributed by atoms with Crippen LogP contribution in [0.4, 0.5) is 16.0 Å². The molecule has 3 aromatic heterocycles. The van der Waals surface area contributed by atoms with Crippen molar-refractivity contribution >= 4 is 33.4 Å². The van der Waals surface area contributed by atoms with E-state index in [1.807, 2.05) is 13.1 Å². The van der Waals surface area contributed by atoms with Crippen LogP contribution in [0.1, 0.15) is 6.42 Å². The summed E-state index contributed by atoms with van der Waals surface area (Å²) >= 11 is 0. The summed E-state index contributed by atoms with van der Waals surface area (Å²) in [4.78, 5) is 15.2. The fourth-order valence-electron chi connectivity index (χ4n) is 3.66. The largest absolute Gasteiger partial charge is 0.434 e. The number of halogens is 1. The van der Waals surface area contributed by atoms with E-state index in [9.17, 15) is 4.39 Å². The third kappa shape index (κ3) is 2.97. The predicted octanol–water partition coefficient (Wildman–Crippen LogP) is 2.21. The molecule has 0 saturated carbocycles. The van der Waals surface area contributed by atoms with Crippen LogP contribution in [0.3, 0.4) is 0 Å². The van der Waals surface area contributed by atoms with Gasteiger partial charge in [0.15, 0.2) is 11.6 Å². The molecule has 0 unspecified atom stereocenters. The second-order valence-electron chi connectivity index (χ2n) is 6.97. The average molecular weight is 394 g/mol. The Morgan fingerprint density at radius 1 is 1.34 bits per heavy atom. The predicted molar refractivity (Wildman–Crippen MR) is 108 cm³/mol. The molecule has 4 aromatic rings. The Balaban J connectivity index is 1.65. The van der Waals surface area contributed by atoms with Crippen molar-refractivity contribution in [3.05, 3.63) is 36.5 Å². The van der Waals surface area contributed by atoms with Crippen molar-refractivity contribution in [3.8, 4) is 11.6 Å². The minimum atomic E-state index is -0.522. The minimum Gasteiger partial charge on any atom is -0.434 e. The number of ether oxygens (including phenoxy) is 1. The summed E-state index contributed by atoms with van der Waals surface area (Å²) in [6.45, 7) is 1.65. The topological polar surface area (TPSA) is 118 Å². The standard InChI is InChI=1S/C19H19FN8O/c1-22-10-4-5-28(8-10)15-6-14-16(18(21)24-9-23-14)19(26-15)29-17-11-7-25-27-13(11)3-2-12(17)20/h2-3,6-7,9-10,22H,4-5,8H2,1H3,(H,25,27)(H2,21,23,24)/t10-/m1/s1. The summed E-state index contributed by atoms with van der Waals surface area (Å²) in [6, 6.07) is 5.16. The van der Waals surface area contributed by atoms with E-state index in [1.165, 1.54) is 18.6 Å². The smallest absolute Gasteiger partial charge is 0.234 e. The minimum absolute atomic E-state index is 0.0278. The summed E-state index contributed by atoms with van der Waals surface area (Å²) in [5.74, 6) is 0.587. The Morgan fingerprint density at radius 3 is 3.07 bits per heavy atom. The zero-order chi connectivity index (χ0) is 20.0. The quantitative estimate of drug-likeness (QED) is 0.482. The monoisotopic (exact) mass is 394 g/mol. The highest BCUT2D eigenvalue weighted by Gasteiger charge is 2.25. The molecule has 29 heavy (non-hydrogen) atoms. The van der Waals surface area contributed by atoms with Crippen LogP contribution >= 0.6 is 0 Å². The first kappa shape index (κ1) is 17.6. The summed E-state index contributed by atoms with van der Waals surface area (Å²) in [6.07, 6.45) is 3.90. The zero-order valence-electron chi connectivity index (χ0n) is 15.7. The first-order chi connectivity index (χ1) is 14.1. The van der Waals surface area contributed by atoms with Gasteiger partial charge in [-0.25, -0.2) is 14.4 Å². The maximum atomic E-state index is 14.6. The number of hydrogen-bond acceptors (Lipinski definition) is 8. The Morgan fingerprint density at radius 2 is 2.24 bits per heavy atom. The van der Waals surface area contributed by atoms with Crippen LogP contribution in [-0.2, 0) is 0 Å². The van der Waals surface area contributed by atoms with E-state index in [2.05, 4.69) is 35.4 Å². The van der Waals surface area contributed by atoms with Gasteiger partial charge in [0, 0.05) is 25.2 Å². The number of anilines is 2. The van der Waals surface area contributed by atoms with Crippen molar-refractivity contribution in [2.24, 2.45) is 0 Å². The summed E-state index contributed by atoms with van der Waals surface area (Å²) in [5.41, 5.74) is 7.32. The van der Waals surface area contributed by atoms with Gasteiger partial charge in [-0.05, 0) is 25.6 Å². The molecule has 5 rings (SSSR count). The van der Waals surface area contributed by atoms with Gasteiger partial charge < -0.3 is 20.7 Å². The van der Waals surface area contributed by atoms with E-state index in [1.54, 1.807) is 6.07 Å². The Kier molecular flexibility index (Phi) is 4.13. The van der Waals surface area contributed by atoms with Crippen molar-refractivity contribution < 1.29 is 9.13 Å². The van der Waals surface area contributed by atoms with Gasteiger partial charge in [0.2, 0.25) is 5.88 Å². The molecule has 1 aliphatic rings. The number of nitrogen functional groups attached to an aromatic ring is 1. The number of nitrogens with one attached hydrogen (secondary N) is 2. The van der Waals surface area contributed by atoms with Crippen molar-refractivity contribution in [2.75, 3.05) is 30.8 Å². The van der Waals surface area contributed by atoms with Crippen LogP contribution in [0.25, 0.3) is 21.8 Å². The van der Waals surface area contributed by atoms with Crippen molar-refractivity contribution in [1.82, 2.24) is 30.5 Å². The summed E-state index contributed by atoms with van der Waals surface area (Å²) < 4.78 is 20.6. The molecule has 1 aromatic carbocycles. The molecule has 0 bridgehead atoms. The second kappa shape index (κ2) is 6.82. The van der Waals surface area contributed by atoms with Gasteiger partial charge in [0.25, 0.3) is 0 Å². The molecule has 0 aliphatic carbocycles. The van der Waals surface area contributed by atoms with Gasteiger partial charge in [0.05, 0.1) is 22.6 Å². The molecule has 1 fully saturated rings. The average Bonchev–Trinajstić information content (AvgIpc) is 3.39. The molecular weight excluding hydrogens is 375 g/mol. The van der Waals surface area contributed by atoms with Crippen LogP contribution in [0.5, 0.6) is 11.6 Å². The lowest BCUT2D eigenvalue weighted by Crippen LogP contribution is -2.29. The number of likely N-dealkylation sites (N-methyl/N-ethyl adjacent to an activating group) is 1. The molecule has 4 heterocycles. The van der Waals surface area contributed by atoms with Gasteiger partial charge >= 0.3 is 0 Å². The van der Waals surface area contributed by atoms with Crippen LogP contribution in [-0.4, -0.2) is 51.3 Å². The molecule has 4 N–H and O–H groups in total. The van der Waals surface area contributed by atoms with Crippen LogP contribution in [0.2, 0.25) is 0 Å². The van der Waals surface area contributed by atoms with Crippen molar-refractivity contribution in [1.29, 1.82) is 0 Å². The summed E-state index contributed by atoms with van der Waals surface area (Å²) in [7, 11) is 1.94. The highest BCUT2D eigenvalue weighted by molar-refractivity contribution is 5.94. The number of nitrogens with two attached hydrogens (primary N) is 1. The van der Waals surface area contributed by atoms with E-state index in [4.69, 9.17) is 10.5 Å². The van der Waals surface area contributed by atoms with Crippen molar-refractivity contribution in [3.63, 3.8) is 0 Å². The van der Waals surface area contributed by atoms with Crippen molar-refractivity contribution in [2.45, 2.75) is 12.5 Å². The fraction of sp³-hybridized carbons (Fsp3) is 0.263. The maximum absolute atomic E-state index is 14.6. The van der Waals surface area contributed by atoms with Crippen LogP contribution in [0, 0.1) is 5.82 Å². The molecule has 1 saturated heterocycles. The Bertz CT molecular complexity index is 1210. The fourth-order valence-corrected chi connectivity index (χ4v) is 3.66. The highest BCUT2D eigenvalue weighted by atomic mass is 19.1.